The summed E-state index contributed by atoms with van der Waals surface area (Å²) in [6, 6.07) is 8.90. The summed E-state index contributed by atoms with van der Waals surface area (Å²) >= 11 is 3.18. The second kappa shape index (κ2) is 6.09. The van der Waals surface area contributed by atoms with Gasteiger partial charge in [-0.05, 0) is 58.2 Å². The predicted octanol–water partition coefficient (Wildman–Crippen LogP) is 4.23. The number of halogens is 1. The SMILES string of the molecule is CC(C)(C)C(=O)N1CCc2cc(NC(=O)c3ccc(Br)o3)ccc21. The predicted molar refractivity (Wildman–Crippen MR) is 96.3 cm³/mol. The molecule has 1 aliphatic heterocycles. The van der Waals surface area contributed by atoms with Crippen LogP contribution < -0.4 is 10.2 Å². The van der Waals surface area contributed by atoms with E-state index in [4.69, 9.17) is 4.42 Å². The van der Waals surface area contributed by atoms with Crippen molar-refractivity contribution >= 4 is 39.1 Å². The highest BCUT2D eigenvalue weighted by atomic mass is 79.9. The van der Waals surface area contributed by atoms with E-state index in [0.29, 0.717) is 16.9 Å². The summed E-state index contributed by atoms with van der Waals surface area (Å²) in [5, 5.41) is 2.82. The van der Waals surface area contributed by atoms with Gasteiger partial charge in [0.2, 0.25) is 5.91 Å². The van der Waals surface area contributed by atoms with Crippen molar-refractivity contribution < 1.29 is 14.0 Å². The van der Waals surface area contributed by atoms with Gasteiger partial charge < -0.3 is 14.6 Å². The molecule has 0 atom stereocenters. The Kier molecular flexibility index (Phi) is 4.25. The van der Waals surface area contributed by atoms with Gasteiger partial charge in [-0.25, -0.2) is 0 Å². The topological polar surface area (TPSA) is 62.6 Å². The molecule has 1 aliphatic rings. The quantitative estimate of drug-likeness (QED) is 0.834. The molecule has 0 unspecified atom stereocenters. The molecule has 0 spiro atoms. The van der Waals surface area contributed by atoms with Gasteiger partial charge in [0.05, 0.1) is 0 Å². The minimum atomic E-state index is -0.416. The molecular formula is C18H19BrN2O3. The number of rotatable bonds is 2. The summed E-state index contributed by atoms with van der Waals surface area (Å²) in [7, 11) is 0. The van der Waals surface area contributed by atoms with Gasteiger partial charge in [-0.15, -0.1) is 0 Å². The normalized spacial score (nSPS) is 13.8. The van der Waals surface area contributed by atoms with Crippen LogP contribution in [0.15, 0.2) is 39.4 Å². The van der Waals surface area contributed by atoms with E-state index >= 15 is 0 Å². The number of nitrogens with zero attached hydrogens (tertiary/aromatic N) is 1. The van der Waals surface area contributed by atoms with E-state index in [0.717, 1.165) is 17.7 Å². The molecule has 0 saturated carbocycles. The number of fused-ring (bicyclic) bond motifs is 1. The van der Waals surface area contributed by atoms with Crippen LogP contribution in [-0.4, -0.2) is 18.4 Å². The second-order valence-electron chi connectivity index (χ2n) is 6.86. The fraction of sp³-hybridized carbons (Fsp3) is 0.333. The Morgan fingerprint density at radius 1 is 1.21 bits per heavy atom. The van der Waals surface area contributed by atoms with E-state index in [9.17, 15) is 9.59 Å². The van der Waals surface area contributed by atoms with Crippen LogP contribution >= 0.6 is 15.9 Å². The van der Waals surface area contributed by atoms with Crippen LogP contribution in [0.1, 0.15) is 36.9 Å². The van der Waals surface area contributed by atoms with Crippen molar-refractivity contribution in [1.29, 1.82) is 0 Å². The standard InChI is InChI=1S/C18H19BrN2O3/c1-18(2,3)17(23)21-9-8-11-10-12(4-5-13(11)21)20-16(22)14-6-7-15(19)24-14/h4-7,10H,8-9H2,1-3H3,(H,20,22). The van der Waals surface area contributed by atoms with Gasteiger partial charge >= 0.3 is 0 Å². The molecule has 0 radical (unpaired) electrons. The van der Waals surface area contributed by atoms with Crippen molar-refractivity contribution in [1.82, 2.24) is 0 Å². The van der Waals surface area contributed by atoms with E-state index in [-0.39, 0.29) is 17.6 Å². The summed E-state index contributed by atoms with van der Waals surface area (Å²) in [6.07, 6.45) is 0.785. The number of anilines is 2. The van der Waals surface area contributed by atoms with Crippen LogP contribution in [0.5, 0.6) is 0 Å². The molecule has 1 N–H and O–H groups in total. The van der Waals surface area contributed by atoms with Gasteiger partial charge in [-0.3, -0.25) is 9.59 Å². The highest BCUT2D eigenvalue weighted by Crippen LogP contribution is 2.33. The van der Waals surface area contributed by atoms with Gasteiger partial charge in [0.15, 0.2) is 10.4 Å². The van der Waals surface area contributed by atoms with Crippen LogP contribution in [0.4, 0.5) is 11.4 Å². The van der Waals surface area contributed by atoms with Crippen molar-refractivity contribution in [2.45, 2.75) is 27.2 Å². The fourth-order valence-corrected chi connectivity index (χ4v) is 3.03. The lowest BCUT2D eigenvalue weighted by atomic mass is 9.94. The molecular weight excluding hydrogens is 372 g/mol. The number of carbonyl (C=O) groups is 2. The molecule has 0 bridgehead atoms. The van der Waals surface area contributed by atoms with Gasteiger partial charge in [-0.2, -0.15) is 0 Å². The van der Waals surface area contributed by atoms with Crippen LogP contribution in [0.2, 0.25) is 0 Å². The van der Waals surface area contributed by atoms with Crippen molar-refractivity contribution in [3.63, 3.8) is 0 Å². The average molecular weight is 391 g/mol. The summed E-state index contributed by atoms with van der Waals surface area (Å²) in [5.41, 5.74) is 2.26. The number of hydrogen-bond acceptors (Lipinski definition) is 3. The third-order valence-corrected chi connectivity index (χ3v) is 4.34. The molecule has 0 saturated heterocycles. The molecule has 1 aromatic carbocycles. The molecule has 0 aliphatic carbocycles. The lowest BCUT2D eigenvalue weighted by Gasteiger charge is -2.26. The van der Waals surface area contributed by atoms with Gasteiger partial charge in [0.1, 0.15) is 0 Å². The number of benzene rings is 1. The molecule has 6 heteroatoms. The first-order valence-electron chi connectivity index (χ1n) is 7.77. The maximum Gasteiger partial charge on any atom is 0.291 e. The number of furan rings is 1. The number of hydrogen-bond donors (Lipinski definition) is 1. The van der Waals surface area contributed by atoms with Crippen LogP contribution in [0.25, 0.3) is 0 Å². The van der Waals surface area contributed by atoms with Crippen molar-refractivity contribution in [2.75, 3.05) is 16.8 Å². The third-order valence-electron chi connectivity index (χ3n) is 3.92. The Hall–Kier alpha value is -2.08. The zero-order valence-corrected chi connectivity index (χ0v) is 15.4. The van der Waals surface area contributed by atoms with E-state index in [1.54, 1.807) is 12.1 Å². The fourth-order valence-electron chi connectivity index (χ4n) is 2.72. The lowest BCUT2D eigenvalue weighted by molar-refractivity contribution is -0.125. The minimum Gasteiger partial charge on any atom is -0.444 e. The molecule has 126 valence electrons. The van der Waals surface area contributed by atoms with Crippen LogP contribution in [0.3, 0.4) is 0 Å². The first kappa shape index (κ1) is 16.8. The third kappa shape index (κ3) is 3.24. The Morgan fingerprint density at radius 3 is 2.58 bits per heavy atom. The number of amides is 2. The summed E-state index contributed by atoms with van der Waals surface area (Å²) < 4.78 is 5.76. The van der Waals surface area contributed by atoms with Gasteiger partial charge in [-0.1, -0.05) is 20.8 Å². The lowest BCUT2D eigenvalue weighted by Crippen LogP contribution is -2.38. The first-order valence-corrected chi connectivity index (χ1v) is 8.56. The monoisotopic (exact) mass is 390 g/mol. The van der Waals surface area contributed by atoms with Gasteiger partial charge in [0, 0.05) is 23.3 Å². The van der Waals surface area contributed by atoms with Crippen LogP contribution in [0, 0.1) is 5.41 Å². The second-order valence-corrected chi connectivity index (χ2v) is 7.64. The van der Waals surface area contributed by atoms with E-state index < -0.39 is 5.41 Å². The van der Waals surface area contributed by atoms with Crippen molar-refractivity contribution in [3.05, 3.63) is 46.3 Å². The Balaban J connectivity index is 1.78. The molecule has 5 nitrogen and oxygen atoms in total. The molecule has 0 fully saturated rings. The largest absolute Gasteiger partial charge is 0.444 e. The number of carbonyl (C=O) groups excluding carboxylic acids is 2. The molecule has 3 rings (SSSR count). The van der Waals surface area contributed by atoms with Gasteiger partial charge in [0.25, 0.3) is 5.91 Å². The molecule has 2 aromatic rings. The molecule has 2 amide bonds. The Labute approximate surface area is 149 Å². The average Bonchev–Trinajstić information content (AvgIpc) is 3.11. The Morgan fingerprint density at radius 2 is 1.96 bits per heavy atom. The maximum absolute atomic E-state index is 12.5. The number of nitrogens with one attached hydrogen (secondary N) is 1. The molecule has 1 aromatic heterocycles. The summed E-state index contributed by atoms with van der Waals surface area (Å²) in [5.74, 6) is 0.0478. The van der Waals surface area contributed by atoms with E-state index in [1.807, 2.05) is 43.9 Å². The Bertz CT molecular complexity index is 805. The van der Waals surface area contributed by atoms with Crippen molar-refractivity contribution in [2.24, 2.45) is 5.41 Å². The first-order chi connectivity index (χ1) is 11.3. The van der Waals surface area contributed by atoms with Crippen molar-refractivity contribution in [3.8, 4) is 0 Å². The zero-order chi connectivity index (χ0) is 17.5. The van der Waals surface area contributed by atoms with Crippen LogP contribution in [-0.2, 0) is 11.2 Å². The highest BCUT2D eigenvalue weighted by molar-refractivity contribution is 9.10. The highest BCUT2D eigenvalue weighted by Gasteiger charge is 2.32. The zero-order valence-electron chi connectivity index (χ0n) is 13.9. The van der Waals surface area contributed by atoms with E-state index in [2.05, 4.69) is 21.2 Å². The summed E-state index contributed by atoms with van der Waals surface area (Å²) in [4.78, 5) is 26.5. The molecule has 24 heavy (non-hydrogen) atoms. The smallest absolute Gasteiger partial charge is 0.291 e. The van der Waals surface area contributed by atoms with E-state index in [1.165, 1.54) is 0 Å². The minimum absolute atomic E-state index is 0.110. The summed E-state index contributed by atoms with van der Waals surface area (Å²) in [6.45, 7) is 6.43. The maximum atomic E-state index is 12.5. The molecule has 2 heterocycles.